The van der Waals surface area contributed by atoms with Gasteiger partial charge in [0.2, 0.25) is 0 Å². The number of hydrogen-bond acceptors (Lipinski definition) is 5. The Morgan fingerprint density at radius 2 is 1.79 bits per heavy atom. The van der Waals surface area contributed by atoms with Crippen molar-refractivity contribution in [3.63, 3.8) is 0 Å². The Hall–Kier alpha value is -0.200. The molecule has 0 aromatic carbocycles. The van der Waals surface area contributed by atoms with Crippen molar-refractivity contribution in [2.45, 2.75) is 45.9 Å². The second-order valence-corrected chi connectivity index (χ2v) is 5.17. The Labute approximate surface area is 117 Å². The van der Waals surface area contributed by atoms with Gasteiger partial charge in [-0.3, -0.25) is 0 Å². The summed E-state index contributed by atoms with van der Waals surface area (Å²) in [4.78, 5) is 0. The Morgan fingerprint density at radius 1 is 1.11 bits per heavy atom. The fourth-order valence-electron chi connectivity index (χ4n) is 1.64. The Bertz CT molecular complexity index is 202. The van der Waals surface area contributed by atoms with Crippen LogP contribution in [-0.4, -0.2) is 63.4 Å². The van der Waals surface area contributed by atoms with Crippen molar-refractivity contribution < 1.29 is 19.3 Å². The summed E-state index contributed by atoms with van der Waals surface area (Å²) in [5.74, 6) is 0.465. The highest BCUT2D eigenvalue weighted by molar-refractivity contribution is 4.72. The first-order chi connectivity index (χ1) is 9.01. The third-order valence-corrected chi connectivity index (χ3v) is 2.90. The molecule has 0 aromatic heterocycles. The van der Waals surface area contributed by atoms with E-state index in [1.165, 1.54) is 0 Å². The first kappa shape index (κ1) is 18.8. The molecular formula is C14H31NO4. The van der Waals surface area contributed by atoms with Gasteiger partial charge in [0.05, 0.1) is 32.0 Å². The highest BCUT2D eigenvalue weighted by Crippen LogP contribution is 2.03. The van der Waals surface area contributed by atoms with E-state index in [4.69, 9.17) is 14.2 Å². The molecule has 0 saturated heterocycles. The predicted molar refractivity (Wildman–Crippen MR) is 76.4 cm³/mol. The van der Waals surface area contributed by atoms with Crippen LogP contribution in [0.5, 0.6) is 0 Å². The normalized spacial score (nSPS) is 16.6. The quantitative estimate of drug-likeness (QED) is 0.558. The van der Waals surface area contributed by atoms with Gasteiger partial charge in [0.25, 0.3) is 0 Å². The molecule has 0 saturated carbocycles. The van der Waals surface area contributed by atoms with Crippen molar-refractivity contribution in [3.8, 4) is 0 Å². The number of rotatable bonds is 12. The van der Waals surface area contributed by atoms with E-state index in [-0.39, 0.29) is 12.1 Å². The lowest BCUT2D eigenvalue weighted by Gasteiger charge is -2.24. The molecule has 0 bridgehead atoms. The van der Waals surface area contributed by atoms with Crippen molar-refractivity contribution in [2.24, 2.45) is 5.92 Å². The monoisotopic (exact) mass is 277 g/mol. The molecule has 2 N–H and O–H groups in total. The Morgan fingerprint density at radius 3 is 2.32 bits per heavy atom. The van der Waals surface area contributed by atoms with Crippen LogP contribution in [0.1, 0.15) is 27.7 Å². The molecule has 19 heavy (non-hydrogen) atoms. The van der Waals surface area contributed by atoms with Gasteiger partial charge in [-0.1, -0.05) is 13.8 Å². The average molecular weight is 277 g/mol. The molecule has 0 spiro atoms. The maximum Gasteiger partial charge on any atom is 0.0897 e. The van der Waals surface area contributed by atoms with E-state index in [0.29, 0.717) is 38.9 Å². The van der Waals surface area contributed by atoms with Gasteiger partial charge in [0.15, 0.2) is 0 Å². The summed E-state index contributed by atoms with van der Waals surface area (Å²) in [6, 6.07) is 0.256. The van der Waals surface area contributed by atoms with E-state index < -0.39 is 6.10 Å². The molecule has 3 atom stereocenters. The average Bonchev–Trinajstić information content (AvgIpc) is 2.36. The fraction of sp³-hybridized carbons (Fsp3) is 1.00. The Kier molecular flexibility index (Phi) is 11.5. The molecule has 0 amide bonds. The van der Waals surface area contributed by atoms with E-state index >= 15 is 0 Å². The SMILES string of the molecule is CCOCC(NCC(O)COC(C)COC)C(C)C. The number of nitrogens with one attached hydrogen (secondary N) is 1. The summed E-state index contributed by atoms with van der Waals surface area (Å²) in [6.45, 7) is 10.9. The molecule has 0 rings (SSSR count). The van der Waals surface area contributed by atoms with Crippen molar-refractivity contribution >= 4 is 0 Å². The smallest absolute Gasteiger partial charge is 0.0897 e. The molecule has 3 unspecified atom stereocenters. The minimum atomic E-state index is -0.512. The van der Waals surface area contributed by atoms with E-state index in [0.717, 1.165) is 0 Å². The maximum absolute atomic E-state index is 9.85. The molecule has 0 aliphatic carbocycles. The second-order valence-electron chi connectivity index (χ2n) is 5.17. The molecular weight excluding hydrogens is 246 g/mol. The van der Waals surface area contributed by atoms with Crippen LogP contribution in [0.2, 0.25) is 0 Å². The molecule has 0 radical (unpaired) electrons. The summed E-state index contributed by atoms with van der Waals surface area (Å²) >= 11 is 0. The lowest BCUT2D eigenvalue weighted by Crippen LogP contribution is -2.43. The van der Waals surface area contributed by atoms with Crippen LogP contribution in [0, 0.1) is 5.92 Å². The number of aliphatic hydroxyl groups excluding tert-OH is 1. The van der Waals surface area contributed by atoms with Crippen LogP contribution < -0.4 is 5.32 Å². The summed E-state index contributed by atoms with van der Waals surface area (Å²) < 4.78 is 15.9. The fourth-order valence-corrected chi connectivity index (χ4v) is 1.64. The highest BCUT2D eigenvalue weighted by Gasteiger charge is 2.15. The van der Waals surface area contributed by atoms with E-state index in [2.05, 4.69) is 19.2 Å². The topological polar surface area (TPSA) is 60.0 Å². The zero-order chi connectivity index (χ0) is 14.7. The van der Waals surface area contributed by atoms with Gasteiger partial charge in [0, 0.05) is 26.3 Å². The summed E-state index contributed by atoms with van der Waals surface area (Å²) in [7, 11) is 1.64. The molecule has 0 aliphatic rings. The van der Waals surface area contributed by atoms with Crippen LogP contribution in [0.4, 0.5) is 0 Å². The highest BCUT2D eigenvalue weighted by atomic mass is 16.5. The molecule has 0 aliphatic heterocycles. The number of hydrogen-bond donors (Lipinski definition) is 2. The maximum atomic E-state index is 9.85. The minimum absolute atomic E-state index is 0.00368. The van der Waals surface area contributed by atoms with E-state index in [1.807, 2.05) is 13.8 Å². The van der Waals surface area contributed by atoms with Crippen LogP contribution in [0.15, 0.2) is 0 Å². The van der Waals surface area contributed by atoms with E-state index in [9.17, 15) is 5.11 Å². The van der Waals surface area contributed by atoms with Gasteiger partial charge >= 0.3 is 0 Å². The van der Waals surface area contributed by atoms with Gasteiger partial charge in [-0.05, 0) is 19.8 Å². The number of ether oxygens (including phenoxy) is 3. The first-order valence-corrected chi connectivity index (χ1v) is 7.10. The van der Waals surface area contributed by atoms with Gasteiger partial charge in [-0.25, -0.2) is 0 Å². The van der Waals surface area contributed by atoms with Gasteiger partial charge in [-0.15, -0.1) is 0 Å². The van der Waals surface area contributed by atoms with Crippen molar-refractivity contribution in [1.29, 1.82) is 0 Å². The number of methoxy groups -OCH3 is 1. The van der Waals surface area contributed by atoms with Gasteiger partial charge < -0.3 is 24.6 Å². The lowest BCUT2D eigenvalue weighted by molar-refractivity contribution is -0.0326. The summed E-state index contributed by atoms with van der Waals surface area (Å²) in [5, 5.41) is 13.2. The van der Waals surface area contributed by atoms with Crippen LogP contribution >= 0.6 is 0 Å². The zero-order valence-electron chi connectivity index (χ0n) is 13.0. The number of aliphatic hydroxyl groups is 1. The van der Waals surface area contributed by atoms with Crippen molar-refractivity contribution in [2.75, 3.05) is 40.1 Å². The third kappa shape index (κ3) is 10.3. The lowest BCUT2D eigenvalue weighted by atomic mass is 10.1. The summed E-state index contributed by atoms with van der Waals surface area (Å²) in [6.07, 6.45) is -0.508. The van der Waals surface area contributed by atoms with Crippen LogP contribution in [-0.2, 0) is 14.2 Å². The molecule has 0 aromatic rings. The largest absolute Gasteiger partial charge is 0.389 e. The second kappa shape index (κ2) is 11.6. The first-order valence-electron chi connectivity index (χ1n) is 7.10. The third-order valence-electron chi connectivity index (χ3n) is 2.90. The molecule has 0 fully saturated rings. The molecule has 116 valence electrons. The summed E-state index contributed by atoms with van der Waals surface area (Å²) in [5.41, 5.74) is 0. The Balaban J connectivity index is 3.81. The standard InChI is InChI=1S/C14H31NO4/c1-6-18-10-14(11(2)3)15-7-13(16)9-19-12(4)8-17-5/h11-16H,6-10H2,1-5H3. The van der Waals surface area contributed by atoms with E-state index in [1.54, 1.807) is 7.11 Å². The molecule has 5 nitrogen and oxygen atoms in total. The zero-order valence-corrected chi connectivity index (χ0v) is 13.0. The van der Waals surface area contributed by atoms with Crippen molar-refractivity contribution in [3.05, 3.63) is 0 Å². The molecule has 0 heterocycles. The van der Waals surface area contributed by atoms with Crippen molar-refractivity contribution in [1.82, 2.24) is 5.32 Å². The van der Waals surface area contributed by atoms with Crippen LogP contribution in [0.25, 0.3) is 0 Å². The molecule has 5 heteroatoms. The minimum Gasteiger partial charge on any atom is -0.389 e. The van der Waals surface area contributed by atoms with Gasteiger partial charge in [-0.2, -0.15) is 0 Å². The van der Waals surface area contributed by atoms with Crippen LogP contribution in [0.3, 0.4) is 0 Å². The predicted octanol–water partition coefficient (Wildman–Crippen LogP) is 1.05. The van der Waals surface area contributed by atoms with Gasteiger partial charge in [0.1, 0.15) is 0 Å².